The maximum absolute atomic E-state index is 11.9. The van der Waals surface area contributed by atoms with E-state index in [2.05, 4.69) is 11.4 Å². The molecule has 0 aliphatic heterocycles. The number of nitriles is 1. The van der Waals surface area contributed by atoms with Gasteiger partial charge in [-0.1, -0.05) is 0 Å². The second kappa shape index (κ2) is 5.32. The van der Waals surface area contributed by atoms with Gasteiger partial charge in [0.15, 0.2) is 0 Å². The summed E-state index contributed by atoms with van der Waals surface area (Å²) < 4.78 is 0. The van der Waals surface area contributed by atoms with E-state index in [1.54, 1.807) is 11.3 Å². The monoisotopic (exact) mass is 277 g/mol. The topological polar surface area (TPSA) is 78.9 Å². The molecule has 0 saturated carbocycles. The Balaban J connectivity index is 2.04. The summed E-state index contributed by atoms with van der Waals surface area (Å²) in [6.07, 6.45) is 4.12. The maximum atomic E-state index is 11.9. The summed E-state index contributed by atoms with van der Waals surface area (Å²) in [6, 6.07) is 2.22. The molecular weight excluding hydrogens is 258 g/mol. The number of anilines is 1. The minimum atomic E-state index is -0.341. The number of thiophene rings is 1. The van der Waals surface area contributed by atoms with E-state index in [1.807, 2.05) is 13.8 Å². The van der Waals surface area contributed by atoms with Crippen molar-refractivity contribution in [1.82, 2.24) is 0 Å². The van der Waals surface area contributed by atoms with Crippen molar-refractivity contribution >= 4 is 22.2 Å². The molecule has 5 heteroatoms. The van der Waals surface area contributed by atoms with Gasteiger partial charge in [-0.05, 0) is 45.1 Å². The van der Waals surface area contributed by atoms with Crippen molar-refractivity contribution in [2.24, 2.45) is 5.73 Å². The lowest BCUT2D eigenvalue weighted by Crippen LogP contribution is -2.33. The van der Waals surface area contributed by atoms with E-state index in [4.69, 9.17) is 5.73 Å². The number of fused-ring (bicyclic) bond motifs is 1. The first-order valence-corrected chi connectivity index (χ1v) is 7.36. The molecule has 3 N–H and O–H groups in total. The molecule has 2 rings (SSSR count). The summed E-state index contributed by atoms with van der Waals surface area (Å²) in [4.78, 5) is 13.1. The molecule has 1 aromatic rings. The minimum absolute atomic E-state index is 0.0602. The number of aryl methyl sites for hydroxylation is 1. The maximum Gasteiger partial charge on any atom is 0.225 e. The first-order valence-electron chi connectivity index (χ1n) is 6.54. The lowest BCUT2D eigenvalue weighted by molar-refractivity contribution is -0.116. The number of nitrogens with two attached hydrogens (primary N) is 1. The Morgan fingerprint density at radius 3 is 2.89 bits per heavy atom. The summed E-state index contributed by atoms with van der Waals surface area (Å²) in [5.74, 6) is -0.0602. The third kappa shape index (κ3) is 3.34. The highest BCUT2D eigenvalue weighted by Gasteiger charge is 2.23. The number of carbonyl (C=O) groups excluding carboxylic acids is 1. The Hall–Kier alpha value is -1.38. The van der Waals surface area contributed by atoms with Crippen LogP contribution < -0.4 is 11.1 Å². The van der Waals surface area contributed by atoms with Crippen LogP contribution in [0.25, 0.3) is 0 Å². The second-order valence-corrected chi connectivity index (χ2v) is 6.82. The van der Waals surface area contributed by atoms with Gasteiger partial charge in [-0.15, -0.1) is 11.3 Å². The van der Waals surface area contributed by atoms with Gasteiger partial charge in [0.05, 0.1) is 5.56 Å². The number of nitrogens with one attached hydrogen (secondary N) is 1. The summed E-state index contributed by atoms with van der Waals surface area (Å²) in [6.45, 7) is 3.81. The van der Waals surface area contributed by atoms with Gasteiger partial charge in [-0.25, -0.2) is 0 Å². The largest absolute Gasteiger partial charge is 0.326 e. The zero-order chi connectivity index (χ0) is 14.0. The highest BCUT2D eigenvalue weighted by atomic mass is 32.1. The number of carbonyl (C=O) groups is 1. The SMILES string of the molecule is CC(C)(N)CCC(=O)Nc1sc2c(c1C#N)CCC2. The molecule has 1 heterocycles. The molecule has 0 atom stereocenters. The molecule has 0 aromatic carbocycles. The fourth-order valence-corrected chi connectivity index (χ4v) is 3.49. The lowest BCUT2D eigenvalue weighted by atomic mass is 10.00. The fraction of sp³-hybridized carbons (Fsp3) is 0.571. The fourth-order valence-electron chi connectivity index (χ4n) is 2.24. The molecule has 0 fully saturated rings. The first kappa shape index (κ1) is 14.0. The molecule has 0 spiro atoms. The van der Waals surface area contributed by atoms with Crippen LogP contribution in [0.2, 0.25) is 0 Å². The normalized spacial score (nSPS) is 14.0. The van der Waals surface area contributed by atoms with E-state index in [9.17, 15) is 10.1 Å². The number of rotatable bonds is 4. The van der Waals surface area contributed by atoms with Crippen molar-refractivity contribution in [1.29, 1.82) is 5.26 Å². The van der Waals surface area contributed by atoms with E-state index in [1.165, 1.54) is 4.88 Å². The molecule has 0 radical (unpaired) electrons. The number of amides is 1. The first-order chi connectivity index (χ1) is 8.90. The third-order valence-electron chi connectivity index (χ3n) is 3.28. The van der Waals surface area contributed by atoms with Crippen LogP contribution in [0.1, 0.15) is 49.1 Å². The van der Waals surface area contributed by atoms with Gasteiger partial charge in [-0.2, -0.15) is 5.26 Å². The smallest absolute Gasteiger partial charge is 0.225 e. The average molecular weight is 277 g/mol. The van der Waals surface area contributed by atoms with E-state index < -0.39 is 0 Å². The van der Waals surface area contributed by atoms with Crippen molar-refractivity contribution in [3.8, 4) is 6.07 Å². The number of hydrogen-bond donors (Lipinski definition) is 2. The van der Waals surface area contributed by atoms with Crippen LogP contribution in [0.15, 0.2) is 0 Å². The van der Waals surface area contributed by atoms with Crippen LogP contribution >= 0.6 is 11.3 Å². The van der Waals surface area contributed by atoms with Gasteiger partial charge >= 0.3 is 0 Å². The highest BCUT2D eigenvalue weighted by Crippen LogP contribution is 2.38. The molecule has 0 saturated heterocycles. The minimum Gasteiger partial charge on any atom is -0.326 e. The van der Waals surface area contributed by atoms with Gasteiger partial charge in [-0.3, -0.25) is 4.79 Å². The molecule has 1 amide bonds. The summed E-state index contributed by atoms with van der Waals surface area (Å²) in [5, 5.41) is 12.8. The van der Waals surface area contributed by atoms with Gasteiger partial charge in [0.25, 0.3) is 0 Å². The molecular formula is C14H19N3OS. The van der Waals surface area contributed by atoms with Crippen molar-refractivity contribution in [3.63, 3.8) is 0 Å². The third-order valence-corrected chi connectivity index (χ3v) is 4.49. The predicted molar refractivity (Wildman–Crippen MR) is 77.2 cm³/mol. The molecule has 1 aliphatic rings. The Kier molecular flexibility index (Phi) is 3.93. The van der Waals surface area contributed by atoms with Crippen LogP contribution in [0.3, 0.4) is 0 Å². The summed E-state index contributed by atoms with van der Waals surface area (Å²) in [5.41, 5.74) is 7.33. The molecule has 19 heavy (non-hydrogen) atoms. The predicted octanol–water partition coefficient (Wildman–Crippen LogP) is 2.56. The van der Waals surface area contributed by atoms with Gasteiger partial charge < -0.3 is 11.1 Å². The van der Waals surface area contributed by atoms with Crippen LogP contribution in [0, 0.1) is 11.3 Å². The van der Waals surface area contributed by atoms with Crippen LogP contribution in [-0.2, 0) is 17.6 Å². The molecule has 102 valence electrons. The van der Waals surface area contributed by atoms with Gasteiger partial charge in [0, 0.05) is 16.8 Å². The standard InChI is InChI=1S/C14H19N3OS/c1-14(2,16)7-6-12(18)17-13-10(8-15)9-4-3-5-11(9)19-13/h3-7,16H2,1-2H3,(H,17,18). The molecule has 0 bridgehead atoms. The Morgan fingerprint density at radius 2 is 2.26 bits per heavy atom. The van der Waals surface area contributed by atoms with E-state index in [0.717, 1.165) is 24.8 Å². The Bertz CT molecular complexity index is 534. The zero-order valence-corrected chi connectivity index (χ0v) is 12.2. The van der Waals surface area contributed by atoms with Gasteiger partial charge in [0.2, 0.25) is 5.91 Å². The second-order valence-electron chi connectivity index (χ2n) is 5.71. The van der Waals surface area contributed by atoms with Crippen molar-refractivity contribution in [2.45, 2.75) is 51.5 Å². The number of hydrogen-bond acceptors (Lipinski definition) is 4. The zero-order valence-electron chi connectivity index (χ0n) is 11.4. The lowest BCUT2D eigenvalue weighted by Gasteiger charge is -2.17. The quantitative estimate of drug-likeness (QED) is 0.887. The Labute approximate surface area is 117 Å². The van der Waals surface area contributed by atoms with Crippen molar-refractivity contribution in [3.05, 3.63) is 16.0 Å². The molecule has 0 unspecified atom stereocenters. The van der Waals surface area contributed by atoms with Crippen molar-refractivity contribution < 1.29 is 4.79 Å². The number of nitrogens with zero attached hydrogens (tertiary/aromatic N) is 1. The van der Waals surface area contributed by atoms with E-state index >= 15 is 0 Å². The van der Waals surface area contributed by atoms with Crippen molar-refractivity contribution in [2.75, 3.05) is 5.32 Å². The summed E-state index contributed by atoms with van der Waals surface area (Å²) >= 11 is 1.55. The Morgan fingerprint density at radius 1 is 1.53 bits per heavy atom. The molecule has 4 nitrogen and oxygen atoms in total. The average Bonchev–Trinajstić information content (AvgIpc) is 2.85. The van der Waals surface area contributed by atoms with Crippen LogP contribution in [-0.4, -0.2) is 11.4 Å². The van der Waals surface area contributed by atoms with E-state index in [-0.39, 0.29) is 11.4 Å². The van der Waals surface area contributed by atoms with E-state index in [0.29, 0.717) is 23.4 Å². The van der Waals surface area contributed by atoms with Crippen LogP contribution in [0.4, 0.5) is 5.00 Å². The van der Waals surface area contributed by atoms with Crippen LogP contribution in [0.5, 0.6) is 0 Å². The molecule has 1 aliphatic carbocycles. The molecule has 1 aromatic heterocycles. The van der Waals surface area contributed by atoms with Gasteiger partial charge in [0.1, 0.15) is 11.1 Å². The highest BCUT2D eigenvalue weighted by molar-refractivity contribution is 7.16. The summed E-state index contributed by atoms with van der Waals surface area (Å²) in [7, 11) is 0.